The molecule has 4 nitrogen and oxygen atoms in total. The number of aliphatic hydroxyl groups is 1. The second-order valence-corrected chi connectivity index (χ2v) is 6.01. The van der Waals surface area contributed by atoms with Crippen molar-refractivity contribution in [2.75, 3.05) is 0 Å². The van der Waals surface area contributed by atoms with Gasteiger partial charge in [-0.25, -0.2) is 4.98 Å². The number of nitrogens with zero attached hydrogens (tertiary/aromatic N) is 3. The molecule has 1 heterocycles. The molecular weight excluding hydrogens is 274 g/mol. The smallest absolute Gasteiger partial charge is 0.141 e. The molecule has 3 aromatic rings. The van der Waals surface area contributed by atoms with E-state index >= 15 is 0 Å². The first-order valence-electron chi connectivity index (χ1n) is 7.16. The van der Waals surface area contributed by atoms with E-state index < -0.39 is 5.60 Å². The van der Waals surface area contributed by atoms with Crippen LogP contribution in [0.2, 0.25) is 0 Å². The number of hydrogen-bond acceptors (Lipinski definition) is 3. The van der Waals surface area contributed by atoms with Gasteiger partial charge in [0.05, 0.1) is 34.8 Å². The maximum Gasteiger partial charge on any atom is 0.141 e. The van der Waals surface area contributed by atoms with Crippen molar-refractivity contribution in [3.05, 3.63) is 54.1 Å². The van der Waals surface area contributed by atoms with E-state index in [0.29, 0.717) is 12.1 Å². The predicted molar refractivity (Wildman–Crippen MR) is 86.2 cm³/mol. The monoisotopic (exact) mass is 291 g/mol. The summed E-state index contributed by atoms with van der Waals surface area (Å²) in [5, 5.41) is 19.1. The van der Waals surface area contributed by atoms with E-state index in [1.807, 2.05) is 41.0 Å². The van der Waals surface area contributed by atoms with E-state index in [2.05, 4.69) is 6.07 Å². The Balaban J connectivity index is 2.19. The molecule has 0 bridgehead atoms. The van der Waals surface area contributed by atoms with Gasteiger partial charge < -0.3 is 9.67 Å². The Morgan fingerprint density at radius 2 is 1.82 bits per heavy atom. The number of imidazole rings is 1. The summed E-state index contributed by atoms with van der Waals surface area (Å²) in [5.74, 6) is 0.799. The fraction of sp³-hybridized carbons (Fsp3) is 0.222. The van der Waals surface area contributed by atoms with Crippen LogP contribution in [-0.2, 0) is 6.54 Å². The van der Waals surface area contributed by atoms with Crippen molar-refractivity contribution in [3.63, 3.8) is 0 Å². The van der Waals surface area contributed by atoms with Gasteiger partial charge in [-0.1, -0.05) is 12.1 Å². The minimum absolute atomic E-state index is 0.447. The van der Waals surface area contributed by atoms with Gasteiger partial charge in [-0.05, 0) is 50.2 Å². The van der Waals surface area contributed by atoms with Crippen molar-refractivity contribution in [3.8, 4) is 17.5 Å². The van der Waals surface area contributed by atoms with Crippen LogP contribution in [0.4, 0.5) is 0 Å². The SMILES string of the molecule is CC(C)(O)Cn1c(-c2ccc(C#N)cc2)nc2ccccc21. The lowest BCUT2D eigenvalue weighted by molar-refractivity contribution is 0.0631. The molecule has 0 saturated heterocycles. The van der Waals surface area contributed by atoms with Gasteiger partial charge in [-0.15, -0.1) is 0 Å². The van der Waals surface area contributed by atoms with E-state index in [1.54, 1.807) is 26.0 Å². The van der Waals surface area contributed by atoms with Gasteiger partial charge in [0, 0.05) is 5.56 Å². The van der Waals surface area contributed by atoms with Gasteiger partial charge in [0.25, 0.3) is 0 Å². The minimum Gasteiger partial charge on any atom is -0.389 e. The second-order valence-electron chi connectivity index (χ2n) is 6.01. The summed E-state index contributed by atoms with van der Waals surface area (Å²) in [7, 11) is 0. The molecule has 4 heteroatoms. The van der Waals surface area contributed by atoms with Gasteiger partial charge >= 0.3 is 0 Å². The van der Waals surface area contributed by atoms with Crippen LogP contribution in [-0.4, -0.2) is 20.3 Å². The van der Waals surface area contributed by atoms with Crippen molar-refractivity contribution in [2.24, 2.45) is 0 Å². The lowest BCUT2D eigenvalue weighted by Crippen LogP contribution is -2.26. The van der Waals surface area contributed by atoms with Crippen LogP contribution < -0.4 is 0 Å². The Labute approximate surface area is 129 Å². The van der Waals surface area contributed by atoms with E-state index in [-0.39, 0.29) is 0 Å². The number of para-hydroxylation sites is 2. The number of hydrogen-bond donors (Lipinski definition) is 1. The van der Waals surface area contributed by atoms with Crippen molar-refractivity contribution >= 4 is 11.0 Å². The number of nitriles is 1. The zero-order chi connectivity index (χ0) is 15.7. The molecule has 0 spiro atoms. The molecule has 0 radical (unpaired) electrons. The molecule has 22 heavy (non-hydrogen) atoms. The molecule has 0 unspecified atom stereocenters. The third-order valence-electron chi connectivity index (χ3n) is 3.47. The van der Waals surface area contributed by atoms with E-state index in [9.17, 15) is 5.11 Å². The largest absolute Gasteiger partial charge is 0.389 e. The lowest BCUT2D eigenvalue weighted by atomic mass is 10.1. The Bertz CT molecular complexity index is 849. The van der Waals surface area contributed by atoms with E-state index in [4.69, 9.17) is 10.2 Å². The minimum atomic E-state index is -0.842. The van der Waals surface area contributed by atoms with Gasteiger partial charge in [-0.2, -0.15) is 5.26 Å². The first-order valence-corrected chi connectivity index (χ1v) is 7.16. The van der Waals surface area contributed by atoms with Gasteiger partial charge in [0.1, 0.15) is 5.82 Å². The topological polar surface area (TPSA) is 61.8 Å². The summed E-state index contributed by atoms with van der Waals surface area (Å²) >= 11 is 0. The third kappa shape index (κ3) is 2.72. The zero-order valence-electron chi connectivity index (χ0n) is 12.6. The maximum absolute atomic E-state index is 10.2. The van der Waals surface area contributed by atoms with Crippen LogP contribution >= 0.6 is 0 Å². The molecule has 1 N–H and O–H groups in total. The van der Waals surface area contributed by atoms with Crippen LogP contribution in [0.5, 0.6) is 0 Å². The van der Waals surface area contributed by atoms with Gasteiger partial charge in [0.15, 0.2) is 0 Å². The fourth-order valence-electron chi connectivity index (χ4n) is 2.54. The Morgan fingerprint density at radius 3 is 2.45 bits per heavy atom. The first-order chi connectivity index (χ1) is 10.5. The molecule has 2 aromatic carbocycles. The average Bonchev–Trinajstić information content (AvgIpc) is 2.84. The average molecular weight is 291 g/mol. The normalized spacial score (nSPS) is 11.5. The highest BCUT2D eigenvalue weighted by Gasteiger charge is 2.19. The van der Waals surface area contributed by atoms with Gasteiger partial charge in [0.2, 0.25) is 0 Å². The summed E-state index contributed by atoms with van der Waals surface area (Å²) < 4.78 is 2.02. The second kappa shape index (κ2) is 5.28. The molecular formula is C18H17N3O. The molecule has 0 fully saturated rings. The zero-order valence-corrected chi connectivity index (χ0v) is 12.6. The Hall–Kier alpha value is -2.64. The Morgan fingerprint density at radius 1 is 1.14 bits per heavy atom. The van der Waals surface area contributed by atoms with Crippen LogP contribution in [0.1, 0.15) is 19.4 Å². The number of rotatable bonds is 3. The van der Waals surface area contributed by atoms with E-state index in [0.717, 1.165) is 22.4 Å². The molecule has 3 rings (SSSR count). The highest BCUT2D eigenvalue weighted by molar-refractivity contribution is 5.80. The van der Waals surface area contributed by atoms with Crippen molar-refractivity contribution in [2.45, 2.75) is 26.0 Å². The summed E-state index contributed by atoms with van der Waals surface area (Å²) in [6, 6.07) is 17.3. The van der Waals surface area contributed by atoms with Crippen LogP contribution in [0.3, 0.4) is 0 Å². The molecule has 0 saturated carbocycles. The van der Waals surface area contributed by atoms with Crippen molar-refractivity contribution in [1.82, 2.24) is 9.55 Å². The number of aromatic nitrogens is 2. The standard InChI is InChI=1S/C18H17N3O/c1-18(2,22)12-21-16-6-4-3-5-15(16)20-17(21)14-9-7-13(11-19)8-10-14/h3-10,22H,12H2,1-2H3. The lowest BCUT2D eigenvalue weighted by Gasteiger charge is -2.20. The molecule has 0 aliphatic carbocycles. The van der Waals surface area contributed by atoms with E-state index in [1.165, 1.54) is 0 Å². The Kier molecular flexibility index (Phi) is 3.44. The quantitative estimate of drug-likeness (QED) is 0.805. The molecule has 1 aromatic heterocycles. The highest BCUT2D eigenvalue weighted by Crippen LogP contribution is 2.26. The molecule has 110 valence electrons. The summed E-state index contributed by atoms with van der Waals surface area (Å²) in [6.07, 6.45) is 0. The summed E-state index contributed by atoms with van der Waals surface area (Å²) in [5.41, 5.74) is 2.59. The maximum atomic E-state index is 10.2. The van der Waals surface area contributed by atoms with Crippen LogP contribution in [0.25, 0.3) is 22.4 Å². The number of fused-ring (bicyclic) bond motifs is 1. The van der Waals surface area contributed by atoms with Crippen molar-refractivity contribution < 1.29 is 5.11 Å². The summed E-state index contributed by atoms with van der Waals surface area (Å²) in [4.78, 5) is 4.69. The predicted octanol–water partition coefficient (Wildman–Crippen LogP) is 3.35. The summed E-state index contributed by atoms with van der Waals surface area (Å²) in [6.45, 7) is 4.01. The molecule has 0 atom stereocenters. The molecule has 0 aliphatic rings. The third-order valence-corrected chi connectivity index (χ3v) is 3.47. The first kappa shape index (κ1) is 14.3. The van der Waals surface area contributed by atoms with Crippen LogP contribution in [0.15, 0.2) is 48.5 Å². The van der Waals surface area contributed by atoms with Crippen molar-refractivity contribution in [1.29, 1.82) is 5.26 Å². The van der Waals surface area contributed by atoms with Gasteiger partial charge in [-0.3, -0.25) is 0 Å². The highest BCUT2D eigenvalue weighted by atomic mass is 16.3. The van der Waals surface area contributed by atoms with Crippen LogP contribution in [0, 0.1) is 11.3 Å². The molecule has 0 amide bonds. The number of benzene rings is 2. The molecule has 0 aliphatic heterocycles. The fourth-order valence-corrected chi connectivity index (χ4v) is 2.54.